The Morgan fingerprint density at radius 1 is 1.12 bits per heavy atom. The molecule has 0 N–H and O–H groups in total. The van der Waals surface area contributed by atoms with Gasteiger partial charge in [-0.15, -0.1) is 0 Å². The van der Waals surface area contributed by atoms with Gasteiger partial charge in [-0.25, -0.2) is 4.79 Å². The van der Waals surface area contributed by atoms with Gasteiger partial charge in [-0.05, 0) is 51.5 Å². The summed E-state index contributed by atoms with van der Waals surface area (Å²) >= 11 is 0. The first-order valence-electron chi connectivity index (χ1n) is 9.69. The number of ketones is 1. The van der Waals surface area contributed by atoms with Gasteiger partial charge in [0.05, 0.1) is 0 Å². The smallest absolute Gasteiger partial charge is 0.410 e. The highest BCUT2D eigenvalue weighted by Gasteiger charge is 2.43. The van der Waals surface area contributed by atoms with Crippen LogP contribution in [0.4, 0.5) is 4.79 Å². The Kier molecular flexibility index (Phi) is 6.12. The summed E-state index contributed by atoms with van der Waals surface area (Å²) in [7, 11) is 0. The Labute approximate surface area is 156 Å². The lowest BCUT2D eigenvalue weighted by atomic mass is 9.76. The molecule has 0 aliphatic carbocycles. The fraction of sp³-hybridized carbons (Fsp3) is 0.545. The molecule has 0 radical (unpaired) electrons. The number of amides is 1. The number of rotatable bonds is 5. The van der Waals surface area contributed by atoms with Crippen LogP contribution in [0.15, 0.2) is 42.0 Å². The molecule has 2 bridgehead atoms. The molecular formula is C22H29NO3. The number of carbonyl (C=O) groups excluding carboxylic acids is 2. The molecule has 2 aliphatic rings. The minimum absolute atomic E-state index is 0.0825. The molecule has 26 heavy (non-hydrogen) atoms. The van der Waals surface area contributed by atoms with Crippen LogP contribution in [0.25, 0.3) is 0 Å². The molecular weight excluding hydrogens is 326 g/mol. The summed E-state index contributed by atoms with van der Waals surface area (Å²) in [6, 6.07) is 10.1. The maximum Gasteiger partial charge on any atom is 0.410 e. The SMILES string of the molecule is CC(C)=CCC(=O)C1CC2CCCC(C1)N2C(=O)OCc1ccccc1. The van der Waals surface area contributed by atoms with Gasteiger partial charge in [-0.2, -0.15) is 0 Å². The van der Waals surface area contributed by atoms with Crippen LogP contribution in [0, 0.1) is 5.92 Å². The van der Waals surface area contributed by atoms with Crippen molar-refractivity contribution in [3.63, 3.8) is 0 Å². The van der Waals surface area contributed by atoms with Crippen molar-refractivity contribution < 1.29 is 14.3 Å². The van der Waals surface area contributed by atoms with E-state index in [4.69, 9.17) is 4.74 Å². The van der Waals surface area contributed by atoms with E-state index in [2.05, 4.69) is 0 Å². The number of Topliss-reactive ketones (excluding diaryl/α,β-unsaturated/α-hetero) is 1. The van der Waals surface area contributed by atoms with E-state index < -0.39 is 0 Å². The number of fused-ring (bicyclic) bond motifs is 2. The maximum atomic E-state index is 12.7. The van der Waals surface area contributed by atoms with Gasteiger partial charge in [-0.1, -0.05) is 42.0 Å². The Hall–Kier alpha value is -2.10. The third-order valence-corrected chi connectivity index (χ3v) is 5.56. The van der Waals surface area contributed by atoms with Crippen molar-refractivity contribution in [1.29, 1.82) is 0 Å². The van der Waals surface area contributed by atoms with Crippen LogP contribution in [-0.2, 0) is 16.1 Å². The second kappa shape index (κ2) is 8.52. The Balaban J connectivity index is 1.60. The van der Waals surface area contributed by atoms with E-state index in [1.54, 1.807) is 0 Å². The quantitative estimate of drug-likeness (QED) is 0.707. The fourth-order valence-corrected chi connectivity index (χ4v) is 4.21. The van der Waals surface area contributed by atoms with Crippen molar-refractivity contribution in [2.45, 2.75) is 71.1 Å². The number of nitrogens with zero attached hydrogens (tertiary/aromatic N) is 1. The summed E-state index contributed by atoms with van der Waals surface area (Å²) in [5.74, 6) is 0.402. The minimum Gasteiger partial charge on any atom is -0.445 e. The molecule has 2 fully saturated rings. The summed E-state index contributed by atoms with van der Waals surface area (Å²) in [6.45, 7) is 4.35. The van der Waals surface area contributed by atoms with Crippen LogP contribution < -0.4 is 0 Å². The van der Waals surface area contributed by atoms with Crippen LogP contribution in [0.5, 0.6) is 0 Å². The highest BCUT2D eigenvalue weighted by atomic mass is 16.6. The van der Waals surface area contributed by atoms with Crippen molar-refractivity contribution in [3.05, 3.63) is 47.5 Å². The summed E-state index contributed by atoms with van der Waals surface area (Å²) in [5.41, 5.74) is 2.18. The van der Waals surface area contributed by atoms with E-state index in [1.807, 2.05) is 55.2 Å². The molecule has 0 spiro atoms. The third-order valence-electron chi connectivity index (χ3n) is 5.56. The van der Waals surface area contributed by atoms with Gasteiger partial charge < -0.3 is 9.64 Å². The zero-order valence-electron chi connectivity index (χ0n) is 15.8. The largest absolute Gasteiger partial charge is 0.445 e. The second-order valence-electron chi connectivity index (χ2n) is 7.81. The summed E-state index contributed by atoms with van der Waals surface area (Å²) in [4.78, 5) is 27.2. The molecule has 1 aromatic carbocycles. The van der Waals surface area contributed by atoms with Crippen LogP contribution in [-0.4, -0.2) is 28.9 Å². The normalized spacial score (nSPS) is 24.7. The van der Waals surface area contributed by atoms with Crippen LogP contribution in [0.2, 0.25) is 0 Å². The predicted octanol–water partition coefficient (Wildman–Crippen LogP) is 4.88. The molecule has 3 rings (SSSR count). The molecule has 2 aliphatic heterocycles. The third kappa shape index (κ3) is 4.54. The number of carbonyl (C=O) groups is 2. The highest BCUT2D eigenvalue weighted by Crippen LogP contribution is 2.38. The van der Waals surface area contributed by atoms with Crippen LogP contribution >= 0.6 is 0 Å². The zero-order chi connectivity index (χ0) is 18.5. The van der Waals surface area contributed by atoms with E-state index in [-0.39, 0.29) is 24.1 Å². The number of piperidine rings is 2. The summed E-state index contributed by atoms with van der Waals surface area (Å²) < 4.78 is 5.57. The molecule has 140 valence electrons. The number of benzene rings is 1. The molecule has 2 heterocycles. The molecule has 2 saturated heterocycles. The van der Waals surface area contributed by atoms with E-state index >= 15 is 0 Å². The van der Waals surface area contributed by atoms with E-state index in [0.717, 1.165) is 37.7 Å². The lowest BCUT2D eigenvalue weighted by Gasteiger charge is -2.47. The van der Waals surface area contributed by atoms with E-state index in [9.17, 15) is 9.59 Å². The molecule has 4 heteroatoms. The zero-order valence-corrected chi connectivity index (χ0v) is 15.8. The molecule has 2 unspecified atom stereocenters. The van der Waals surface area contributed by atoms with E-state index in [1.165, 1.54) is 5.57 Å². The van der Waals surface area contributed by atoms with Gasteiger partial charge >= 0.3 is 6.09 Å². The topological polar surface area (TPSA) is 46.6 Å². The van der Waals surface area contributed by atoms with Gasteiger partial charge in [0.15, 0.2) is 0 Å². The number of allylic oxidation sites excluding steroid dienone is 2. The van der Waals surface area contributed by atoms with Crippen LogP contribution in [0.3, 0.4) is 0 Å². The van der Waals surface area contributed by atoms with Gasteiger partial charge in [0.25, 0.3) is 0 Å². The fourth-order valence-electron chi connectivity index (χ4n) is 4.21. The predicted molar refractivity (Wildman–Crippen MR) is 102 cm³/mol. The standard InChI is InChI=1S/C22H29NO3/c1-16(2)11-12-21(24)18-13-19-9-6-10-20(14-18)23(19)22(25)26-15-17-7-4-3-5-8-17/h3-5,7-8,11,18-20H,6,9-10,12-15H2,1-2H3. The molecule has 0 aromatic heterocycles. The Morgan fingerprint density at radius 3 is 2.38 bits per heavy atom. The minimum atomic E-state index is -0.223. The summed E-state index contributed by atoms with van der Waals surface area (Å²) in [5, 5.41) is 0. The van der Waals surface area contributed by atoms with Gasteiger partial charge in [0.1, 0.15) is 12.4 Å². The first-order valence-corrected chi connectivity index (χ1v) is 9.69. The molecule has 4 nitrogen and oxygen atoms in total. The van der Waals surface area contributed by atoms with Gasteiger partial charge in [-0.3, -0.25) is 4.79 Å². The first-order chi connectivity index (χ1) is 12.5. The van der Waals surface area contributed by atoms with Crippen LogP contribution in [0.1, 0.15) is 57.9 Å². The maximum absolute atomic E-state index is 12.7. The van der Waals surface area contributed by atoms with Crippen molar-refractivity contribution in [3.8, 4) is 0 Å². The van der Waals surface area contributed by atoms with Gasteiger partial charge in [0.2, 0.25) is 0 Å². The molecule has 0 saturated carbocycles. The lowest BCUT2D eigenvalue weighted by Crippen LogP contribution is -2.55. The number of hydrogen-bond acceptors (Lipinski definition) is 3. The number of ether oxygens (including phenoxy) is 1. The van der Waals surface area contributed by atoms with Crippen molar-refractivity contribution in [2.24, 2.45) is 5.92 Å². The van der Waals surface area contributed by atoms with Crippen molar-refractivity contribution >= 4 is 11.9 Å². The van der Waals surface area contributed by atoms with Gasteiger partial charge in [0, 0.05) is 24.4 Å². The Bertz CT molecular complexity index is 649. The average molecular weight is 355 g/mol. The summed E-state index contributed by atoms with van der Waals surface area (Å²) in [6.07, 6.45) is 6.96. The lowest BCUT2D eigenvalue weighted by molar-refractivity contribution is -0.125. The monoisotopic (exact) mass is 355 g/mol. The molecule has 1 amide bonds. The first kappa shape index (κ1) is 18.7. The molecule has 2 atom stereocenters. The van der Waals surface area contributed by atoms with E-state index in [0.29, 0.717) is 18.8 Å². The highest BCUT2D eigenvalue weighted by molar-refractivity contribution is 5.83. The average Bonchev–Trinajstić information content (AvgIpc) is 2.63. The second-order valence-corrected chi connectivity index (χ2v) is 7.81. The van der Waals surface area contributed by atoms with Crippen molar-refractivity contribution in [2.75, 3.05) is 0 Å². The Morgan fingerprint density at radius 2 is 1.77 bits per heavy atom. The van der Waals surface area contributed by atoms with Crippen molar-refractivity contribution in [1.82, 2.24) is 4.90 Å². The number of hydrogen-bond donors (Lipinski definition) is 0. The molecule has 1 aromatic rings.